The minimum Gasteiger partial charge on any atom is -0.481 e. The average molecular weight is 390 g/mol. The number of morpholine rings is 1. The van der Waals surface area contributed by atoms with E-state index in [0.717, 1.165) is 47.3 Å². The molecule has 1 aromatic carbocycles. The molecule has 2 aliphatic heterocycles. The highest BCUT2D eigenvalue weighted by atomic mass is 32.1. The number of thiazole rings is 1. The molecule has 2 aliphatic rings. The van der Waals surface area contributed by atoms with E-state index in [2.05, 4.69) is 15.2 Å². The van der Waals surface area contributed by atoms with Gasteiger partial charge in [0, 0.05) is 31.9 Å². The van der Waals surface area contributed by atoms with Gasteiger partial charge in [-0.3, -0.25) is 4.79 Å². The Labute approximate surface area is 160 Å². The number of fused-ring (bicyclic) bond motifs is 1. The number of carboxylic acids is 1. The molecule has 2 aromatic rings. The zero-order valence-electron chi connectivity index (χ0n) is 14.9. The van der Waals surface area contributed by atoms with E-state index in [1.165, 1.54) is 0 Å². The molecule has 27 heavy (non-hydrogen) atoms. The highest BCUT2D eigenvalue weighted by Gasteiger charge is 2.27. The Morgan fingerprint density at radius 1 is 1.19 bits per heavy atom. The van der Waals surface area contributed by atoms with Gasteiger partial charge in [-0.1, -0.05) is 11.3 Å². The number of aromatic nitrogens is 1. The van der Waals surface area contributed by atoms with Crippen LogP contribution in [0.15, 0.2) is 18.2 Å². The van der Waals surface area contributed by atoms with Crippen LogP contribution in [0.4, 0.5) is 15.6 Å². The predicted molar refractivity (Wildman–Crippen MR) is 104 cm³/mol. The van der Waals surface area contributed by atoms with Crippen LogP contribution >= 0.6 is 11.3 Å². The van der Waals surface area contributed by atoms with Gasteiger partial charge >= 0.3 is 12.0 Å². The molecule has 1 aromatic heterocycles. The number of nitrogens with one attached hydrogen (secondary N) is 1. The van der Waals surface area contributed by atoms with Gasteiger partial charge in [0.05, 0.1) is 29.3 Å². The number of carbonyl (C=O) groups excluding carboxylic acids is 1. The van der Waals surface area contributed by atoms with Crippen LogP contribution in [-0.2, 0) is 9.53 Å². The first-order chi connectivity index (χ1) is 13.1. The summed E-state index contributed by atoms with van der Waals surface area (Å²) in [6, 6.07) is 5.53. The summed E-state index contributed by atoms with van der Waals surface area (Å²) in [7, 11) is 0. The van der Waals surface area contributed by atoms with E-state index in [9.17, 15) is 9.59 Å². The molecular weight excluding hydrogens is 368 g/mol. The number of hydrogen-bond donors (Lipinski definition) is 2. The van der Waals surface area contributed by atoms with Gasteiger partial charge in [0.2, 0.25) is 0 Å². The second-order valence-electron chi connectivity index (χ2n) is 6.81. The van der Waals surface area contributed by atoms with Crippen LogP contribution < -0.4 is 10.2 Å². The van der Waals surface area contributed by atoms with E-state index >= 15 is 0 Å². The molecule has 9 heteroatoms. The van der Waals surface area contributed by atoms with Crippen LogP contribution in [0.5, 0.6) is 0 Å². The Kier molecular flexibility index (Phi) is 5.13. The highest BCUT2D eigenvalue weighted by Crippen LogP contribution is 2.31. The molecular formula is C18H22N4O4S. The Hall–Kier alpha value is -2.39. The molecule has 4 rings (SSSR count). The van der Waals surface area contributed by atoms with Gasteiger partial charge in [0.25, 0.3) is 0 Å². The first-order valence-electron chi connectivity index (χ1n) is 9.12. The number of piperidine rings is 1. The lowest BCUT2D eigenvalue weighted by molar-refractivity contribution is -0.143. The Bertz CT molecular complexity index is 841. The van der Waals surface area contributed by atoms with Crippen molar-refractivity contribution in [2.45, 2.75) is 12.8 Å². The van der Waals surface area contributed by atoms with Crippen molar-refractivity contribution in [3.8, 4) is 0 Å². The molecule has 0 radical (unpaired) electrons. The largest absolute Gasteiger partial charge is 0.481 e. The quantitative estimate of drug-likeness (QED) is 0.836. The number of benzene rings is 1. The number of hydrogen-bond acceptors (Lipinski definition) is 6. The minimum absolute atomic E-state index is 0.184. The third-order valence-electron chi connectivity index (χ3n) is 5.04. The Balaban J connectivity index is 1.41. The minimum atomic E-state index is -0.776. The van der Waals surface area contributed by atoms with E-state index in [0.29, 0.717) is 25.9 Å². The molecule has 0 saturated carbocycles. The number of nitrogens with zero attached hydrogens (tertiary/aromatic N) is 3. The lowest BCUT2D eigenvalue weighted by atomic mass is 9.97. The maximum absolute atomic E-state index is 12.5. The van der Waals surface area contributed by atoms with E-state index in [1.807, 2.05) is 18.2 Å². The zero-order chi connectivity index (χ0) is 18.8. The maximum atomic E-state index is 12.5. The molecule has 144 valence electrons. The summed E-state index contributed by atoms with van der Waals surface area (Å²) in [6.45, 7) is 4.05. The second kappa shape index (κ2) is 7.69. The predicted octanol–water partition coefficient (Wildman–Crippen LogP) is 2.46. The van der Waals surface area contributed by atoms with Crippen LogP contribution in [0.3, 0.4) is 0 Å². The second-order valence-corrected chi connectivity index (χ2v) is 7.82. The van der Waals surface area contributed by atoms with Crippen molar-refractivity contribution in [3.63, 3.8) is 0 Å². The van der Waals surface area contributed by atoms with E-state index in [4.69, 9.17) is 9.84 Å². The average Bonchev–Trinajstić information content (AvgIpc) is 3.12. The smallest absolute Gasteiger partial charge is 0.321 e. The normalized spacial score (nSPS) is 18.7. The lowest BCUT2D eigenvalue weighted by Crippen LogP contribution is -2.42. The van der Waals surface area contributed by atoms with Gasteiger partial charge < -0.3 is 25.0 Å². The van der Waals surface area contributed by atoms with Crippen molar-refractivity contribution in [2.24, 2.45) is 5.92 Å². The van der Waals surface area contributed by atoms with Crippen molar-refractivity contribution >= 4 is 44.4 Å². The number of urea groups is 1. The molecule has 3 heterocycles. The fraction of sp³-hybridized carbons (Fsp3) is 0.500. The molecule has 2 amide bonds. The fourth-order valence-corrected chi connectivity index (χ4v) is 4.47. The first-order valence-corrected chi connectivity index (χ1v) is 9.94. The molecule has 2 fully saturated rings. The summed E-state index contributed by atoms with van der Waals surface area (Å²) in [6.07, 6.45) is 0.999. The number of ether oxygens (including phenoxy) is 1. The van der Waals surface area contributed by atoms with Gasteiger partial charge in [0.15, 0.2) is 5.13 Å². The summed E-state index contributed by atoms with van der Waals surface area (Å²) in [5.41, 5.74) is 1.65. The number of likely N-dealkylation sites (tertiary alicyclic amines) is 1. The summed E-state index contributed by atoms with van der Waals surface area (Å²) in [5, 5.41) is 13.0. The standard InChI is InChI=1S/C18H22N4O4S/c23-16(24)12-3-5-21(6-4-12)17(25)19-13-1-2-14-15(11-13)27-18(20-14)22-7-9-26-10-8-22/h1-2,11-12H,3-10H2,(H,19,25)(H,23,24). The molecule has 0 aliphatic carbocycles. The molecule has 2 N–H and O–H groups in total. The van der Waals surface area contributed by atoms with Crippen LogP contribution in [0.1, 0.15) is 12.8 Å². The summed E-state index contributed by atoms with van der Waals surface area (Å²) < 4.78 is 6.41. The van der Waals surface area contributed by atoms with Crippen molar-refractivity contribution in [1.29, 1.82) is 0 Å². The molecule has 2 saturated heterocycles. The first kappa shape index (κ1) is 18.0. The van der Waals surface area contributed by atoms with E-state index in [-0.39, 0.29) is 11.9 Å². The Morgan fingerprint density at radius 3 is 2.63 bits per heavy atom. The van der Waals surface area contributed by atoms with Crippen molar-refractivity contribution in [1.82, 2.24) is 9.88 Å². The highest BCUT2D eigenvalue weighted by molar-refractivity contribution is 7.22. The van der Waals surface area contributed by atoms with Crippen molar-refractivity contribution < 1.29 is 19.4 Å². The number of carboxylic acid groups (broad SMARTS) is 1. The van der Waals surface area contributed by atoms with Crippen molar-refractivity contribution in [2.75, 3.05) is 49.6 Å². The van der Waals surface area contributed by atoms with Gasteiger partial charge in [-0.2, -0.15) is 0 Å². The fourth-order valence-electron chi connectivity index (χ4n) is 3.41. The third-order valence-corrected chi connectivity index (χ3v) is 6.12. The van der Waals surface area contributed by atoms with Crippen LogP contribution in [0.2, 0.25) is 0 Å². The van der Waals surface area contributed by atoms with Crippen LogP contribution in [-0.4, -0.2) is 66.4 Å². The summed E-state index contributed by atoms with van der Waals surface area (Å²) in [4.78, 5) is 32.1. The number of anilines is 2. The third kappa shape index (κ3) is 3.98. The number of amides is 2. The van der Waals surface area contributed by atoms with E-state index in [1.54, 1.807) is 16.2 Å². The van der Waals surface area contributed by atoms with Gasteiger partial charge in [-0.05, 0) is 31.0 Å². The van der Waals surface area contributed by atoms with Gasteiger partial charge in [-0.25, -0.2) is 9.78 Å². The summed E-state index contributed by atoms with van der Waals surface area (Å²) >= 11 is 1.61. The molecule has 0 atom stereocenters. The maximum Gasteiger partial charge on any atom is 0.321 e. The monoisotopic (exact) mass is 390 g/mol. The number of aliphatic carboxylic acids is 1. The lowest BCUT2D eigenvalue weighted by Gasteiger charge is -2.30. The van der Waals surface area contributed by atoms with Crippen LogP contribution in [0.25, 0.3) is 10.2 Å². The van der Waals surface area contributed by atoms with Gasteiger partial charge in [-0.15, -0.1) is 0 Å². The molecule has 0 bridgehead atoms. The van der Waals surface area contributed by atoms with Gasteiger partial charge in [0.1, 0.15) is 0 Å². The van der Waals surface area contributed by atoms with E-state index < -0.39 is 5.97 Å². The molecule has 8 nitrogen and oxygen atoms in total. The number of carbonyl (C=O) groups is 2. The molecule has 0 spiro atoms. The number of rotatable bonds is 3. The topological polar surface area (TPSA) is 95.0 Å². The SMILES string of the molecule is O=C(O)C1CCN(C(=O)Nc2ccc3nc(N4CCOCC4)sc3c2)CC1. The molecule has 0 unspecified atom stereocenters. The Morgan fingerprint density at radius 2 is 1.93 bits per heavy atom. The zero-order valence-corrected chi connectivity index (χ0v) is 15.7. The van der Waals surface area contributed by atoms with Crippen LogP contribution in [0, 0.1) is 5.92 Å². The summed E-state index contributed by atoms with van der Waals surface area (Å²) in [5.74, 6) is -1.12. The van der Waals surface area contributed by atoms with Crippen molar-refractivity contribution in [3.05, 3.63) is 18.2 Å².